The summed E-state index contributed by atoms with van der Waals surface area (Å²) in [5, 5.41) is 3.17. The number of nitrogens with one attached hydrogen (secondary N) is 1. The third kappa shape index (κ3) is 3.42. The lowest BCUT2D eigenvalue weighted by molar-refractivity contribution is 0.419. The van der Waals surface area contributed by atoms with E-state index in [2.05, 4.69) is 15.3 Å². The van der Waals surface area contributed by atoms with Gasteiger partial charge in [0.15, 0.2) is 11.6 Å². The minimum absolute atomic E-state index is 0.0135. The molecule has 0 saturated heterocycles. The molecule has 0 unspecified atom stereocenters. The highest BCUT2D eigenvalue weighted by Crippen LogP contribution is 2.34. The molecule has 6 heteroatoms. The minimum Gasteiger partial charge on any atom is -0.435 e. The monoisotopic (exact) mass is 309 g/mol. The van der Waals surface area contributed by atoms with Gasteiger partial charge in [-0.3, -0.25) is 0 Å². The van der Waals surface area contributed by atoms with Gasteiger partial charge in [0.05, 0.1) is 10.6 Å². The molecule has 1 aromatic heterocycles. The third-order valence-electron chi connectivity index (χ3n) is 2.89. The zero-order valence-corrected chi connectivity index (χ0v) is 12.9. The topological polar surface area (TPSA) is 47.0 Å². The molecule has 21 heavy (non-hydrogen) atoms. The molecule has 0 aliphatic heterocycles. The van der Waals surface area contributed by atoms with E-state index >= 15 is 0 Å². The lowest BCUT2D eigenvalue weighted by Crippen LogP contribution is -2.07. The van der Waals surface area contributed by atoms with Crippen LogP contribution in [0.15, 0.2) is 24.5 Å². The van der Waals surface area contributed by atoms with Crippen molar-refractivity contribution in [3.63, 3.8) is 0 Å². The average Bonchev–Trinajstić information content (AvgIpc) is 2.44. The first-order valence-electron chi connectivity index (χ1n) is 6.75. The van der Waals surface area contributed by atoms with Crippen molar-refractivity contribution in [1.82, 2.24) is 9.97 Å². The van der Waals surface area contributed by atoms with E-state index in [-0.39, 0.29) is 16.7 Å². The fourth-order valence-electron chi connectivity index (χ4n) is 1.96. The molecule has 0 fully saturated rings. The Morgan fingerprint density at radius 3 is 2.76 bits per heavy atom. The molecule has 0 radical (unpaired) electrons. The maximum absolute atomic E-state index is 14.0. The van der Waals surface area contributed by atoms with Crippen LogP contribution in [0.4, 0.5) is 10.2 Å². The standard InChI is InChI=1S/C15H17ClFN3O/c1-4-18-14-12(9(2)3)15(20-8-19-14)21-11-7-5-6-10(16)13(11)17/h5-9H,4H2,1-3H3,(H,18,19,20). The first-order chi connectivity index (χ1) is 10.0. The average molecular weight is 310 g/mol. The van der Waals surface area contributed by atoms with Crippen LogP contribution in [0.5, 0.6) is 11.6 Å². The van der Waals surface area contributed by atoms with Gasteiger partial charge in [-0.25, -0.2) is 14.4 Å². The summed E-state index contributed by atoms with van der Waals surface area (Å²) in [5.41, 5.74) is 0.804. The highest BCUT2D eigenvalue weighted by atomic mass is 35.5. The third-order valence-corrected chi connectivity index (χ3v) is 3.18. The predicted octanol–water partition coefficient (Wildman–Crippen LogP) is 4.62. The number of nitrogens with zero attached hydrogens (tertiary/aromatic N) is 2. The number of hydrogen-bond acceptors (Lipinski definition) is 4. The molecular weight excluding hydrogens is 293 g/mol. The Bertz CT molecular complexity index is 634. The summed E-state index contributed by atoms with van der Waals surface area (Å²) in [6.45, 7) is 6.70. The number of aromatic nitrogens is 2. The van der Waals surface area contributed by atoms with E-state index < -0.39 is 5.82 Å². The molecule has 4 nitrogen and oxygen atoms in total. The second kappa shape index (κ2) is 6.72. The van der Waals surface area contributed by atoms with E-state index in [0.717, 1.165) is 12.1 Å². The summed E-state index contributed by atoms with van der Waals surface area (Å²) < 4.78 is 19.6. The van der Waals surface area contributed by atoms with Crippen molar-refractivity contribution in [3.8, 4) is 11.6 Å². The van der Waals surface area contributed by atoms with Crippen LogP contribution in [0.25, 0.3) is 0 Å². The predicted molar refractivity (Wildman–Crippen MR) is 81.8 cm³/mol. The molecule has 1 N–H and O–H groups in total. The number of ether oxygens (including phenoxy) is 1. The van der Waals surface area contributed by atoms with Crippen LogP contribution in [0, 0.1) is 5.82 Å². The molecule has 0 bridgehead atoms. The molecule has 0 saturated carbocycles. The van der Waals surface area contributed by atoms with Gasteiger partial charge in [0.25, 0.3) is 0 Å². The van der Waals surface area contributed by atoms with Crippen molar-refractivity contribution in [2.45, 2.75) is 26.7 Å². The molecule has 1 aromatic carbocycles. The molecule has 0 aliphatic carbocycles. The Kier molecular flexibility index (Phi) is 4.96. The second-order valence-corrected chi connectivity index (χ2v) is 5.19. The molecule has 0 spiro atoms. The lowest BCUT2D eigenvalue weighted by Gasteiger charge is -2.16. The zero-order valence-electron chi connectivity index (χ0n) is 12.2. The number of benzene rings is 1. The number of halogens is 2. The van der Waals surface area contributed by atoms with Crippen LogP contribution in [0.1, 0.15) is 32.3 Å². The molecular formula is C15H17ClFN3O. The molecule has 0 aliphatic rings. The Balaban J connectivity index is 2.44. The van der Waals surface area contributed by atoms with Crippen LogP contribution in [-0.4, -0.2) is 16.5 Å². The normalized spacial score (nSPS) is 10.8. The summed E-state index contributed by atoms with van der Waals surface area (Å²) in [5.74, 6) is 0.595. The maximum atomic E-state index is 14.0. The minimum atomic E-state index is -0.600. The van der Waals surface area contributed by atoms with Gasteiger partial charge < -0.3 is 10.1 Å². The van der Waals surface area contributed by atoms with Gasteiger partial charge in [-0.2, -0.15) is 0 Å². The van der Waals surface area contributed by atoms with E-state index in [1.165, 1.54) is 18.5 Å². The van der Waals surface area contributed by atoms with Crippen molar-refractivity contribution >= 4 is 17.4 Å². The molecule has 2 rings (SSSR count). The summed E-state index contributed by atoms with van der Waals surface area (Å²) in [4.78, 5) is 8.34. The quantitative estimate of drug-likeness (QED) is 0.875. The summed E-state index contributed by atoms with van der Waals surface area (Å²) in [6, 6.07) is 4.61. The first-order valence-corrected chi connectivity index (χ1v) is 7.13. The van der Waals surface area contributed by atoms with Crippen molar-refractivity contribution in [2.24, 2.45) is 0 Å². The molecule has 1 heterocycles. The van der Waals surface area contributed by atoms with Gasteiger partial charge >= 0.3 is 0 Å². The summed E-state index contributed by atoms with van der Waals surface area (Å²) >= 11 is 5.76. The lowest BCUT2D eigenvalue weighted by atomic mass is 10.1. The van der Waals surface area contributed by atoms with Gasteiger partial charge in [0.1, 0.15) is 12.1 Å². The first kappa shape index (κ1) is 15.5. The number of rotatable bonds is 5. The van der Waals surface area contributed by atoms with E-state index in [1.54, 1.807) is 6.07 Å². The molecule has 112 valence electrons. The van der Waals surface area contributed by atoms with Gasteiger partial charge in [-0.05, 0) is 25.0 Å². The van der Waals surface area contributed by atoms with E-state index in [1.807, 2.05) is 20.8 Å². The van der Waals surface area contributed by atoms with E-state index in [0.29, 0.717) is 11.7 Å². The Labute approximate surface area is 128 Å². The highest BCUT2D eigenvalue weighted by Gasteiger charge is 2.18. The second-order valence-electron chi connectivity index (χ2n) is 4.78. The maximum Gasteiger partial charge on any atom is 0.228 e. The van der Waals surface area contributed by atoms with E-state index in [9.17, 15) is 4.39 Å². The Morgan fingerprint density at radius 2 is 2.10 bits per heavy atom. The molecule has 0 amide bonds. The fraction of sp³-hybridized carbons (Fsp3) is 0.333. The highest BCUT2D eigenvalue weighted by molar-refractivity contribution is 6.30. The van der Waals surface area contributed by atoms with Gasteiger partial charge in [0, 0.05) is 6.54 Å². The van der Waals surface area contributed by atoms with Crippen LogP contribution in [-0.2, 0) is 0 Å². The van der Waals surface area contributed by atoms with Crippen molar-refractivity contribution in [1.29, 1.82) is 0 Å². The fourth-order valence-corrected chi connectivity index (χ4v) is 2.12. The summed E-state index contributed by atoms with van der Waals surface area (Å²) in [7, 11) is 0. The van der Waals surface area contributed by atoms with Crippen LogP contribution >= 0.6 is 11.6 Å². The largest absolute Gasteiger partial charge is 0.435 e. The van der Waals surface area contributed by atoms with Crippen LogP contribution in [0.3, 0.4) is 0 Å². The van der Waals surface area contributed by atoms with Gasteiger partial charge in [-0.15, -0.1) is 0 Å². The number of hydrogen-bond donors (Lipinski definition) is 1. The van der Waals surface area contributed by atoms with Crippen LogP contribution in [0.2, 0.25) is 5.02 Å². The molecule has 2 aromatic rings. The van der Waals surface area contributed by atoms with Crippen molar-refractivity contribution < 1.29 is 9.13 Å². The van der Waals surface area contributed by atoms with Gasteiger partial charge in [0.2, 0.25) is 5.88 Å². The molecule has 0 atom stereocenters. The van der Waals surface area contributed by atoms with E-state index in [4.69, 9.17) is 16.3 Å². The smallest absolute Gasteiger partial charge is 0.228 e. The Hall–Kier alpha value is -1.88. The number of anilines is 1. The summed E-state index contributed by atoms with van der Waals surface area (Å²) in [6.07, 6.45) is 1.39. The zero-order chi connectivity index (χ0) is 15.4. The SMILES string of the molecule is CCNc1ncnc(Oc2cccc(Cl)c2F)c1C(C)C. The van der Waals surface area contributed by atoms with Crippen molar-refractivity contribution in [3.05, 3.63) is 40.9 Å². The Morgan fingerprint density at radius 1 is 1.33 bits per heavy atom. The van der Waals surface area contributed by atoms with Crippen LogP contribution < -0.4 is 10.1 Å². The van der Waals surface area contributed by atoms with Gasteiger partial charge in [-0.1, -0.05) is 31.5 Å². The van der Waals surface area contributed by atoms with Crippen molar-refractivity contribution in [2.75, 3.05) is 11.9 Å².